The van der Waals surface area contributed by atoms with E-state index in [1.54, 1.807) is 11.3 Å². The summed E-state index contributed by atoms with van der Waals surface area (Å²) >= 11 is 1.71. The van der Waals surface area contributed by atoms with Gasteiger partial charge in [0.2, 0.25) is 0 Å². The zero-order valence-corrected chi connectivity index (χ0v) is 12.7. The number of rotatable bonds is 2. The fourth-order valence-electron chi connectivity index (χ4n) is 2.59. The Labute approximate surface area is 132 Å². The molecular weight excluding hydrogens is 288 g/mol. The average Bonchev–Trinajstić information content (AvgIpc) is 2.99. The molecule has 0 saturated carbocycles. The van der Waals surface area contributed by atoms with Crippen molar-refractivity contribution in [1.29, 1.82) is 0 Å². The summed E-state index contributed by atoms with van der Waals surface area (Å²) in [5.41, 5.74) is 11.2. The number of fused-ring (bicyclic) bond motifs is 1. The van der Waals surface area contributed by atoms with Gasteiger partial charge in [-0.05, 0) is 41.5 Å². The molecule has 0 amide bonds. The van der Waals surface area contributed by atoms with E-state index in [-0.39, 0.29) is 0 Å². The van der Waals surface area contributed by atoms with Crippen LogP contribution in [0.1, 0.15) is 0 Å². The normalized spacial score (nSPS) is 10.9. The zero-order valence-electron chi connectivity index (χ0n) is 11.9. The average molecular weight is 302 g/mol. The standard InChI is InChI=1S/C19H14N2S/c20-14-10-11-15(16(12-14)13-6-2-1-3-7-13)19-21-17-8-4-5-9-18(17)22-19/h1-12H,20H2. The quantitative estimate of drug-likeness (QED) is 0.516. The van der Waals surface area contributed by atoms with Gasteiger partial charge in [-0.2, -0.15) is 0 Å². The molecule has 4 aromatic rings. The van der Waals surface area contributed by atoms with Crippen LogP contribution in [-0.2, 0) is 0 Å². The van der Waals surface area contributed by atoms with Crippen LogP contribution in [0.5, 0.6) is 0 Å². The van der Waals surface area contributed by atoms with Gasteiger partial charge in [0.1, 0.15) is 5.01 Å². The van der Waals surface area contributed by atoms with Crippen LogP contribution in [-0.4, -0.2) is 4.98 Å². The van der Waals surface area contributed by atoms with Crippen molar-refractivity contribution in [2.45, 2.75) is 0 Å². The fourth-order valence-corrected chi connectivity index (χ4v) is 3.60. The number of nitrogens with two attached hydrogens (primary N) is 1. The van der Waals surface area contributed by atoms with E-state index < -0.39 is 0 Å². The third kappa shape index (κ3) is 2.26. The highest BCUT2D eigenvalue weighted by molar-refractivity contribution is 7.21. The van der Waals surface area contributed by atoms with Gasteiger partial charge in [0.25, 0.3) is 0 Å². The Kier molecular flexibility index (Phi) is 3.13. The Balaban J connectivity index is 1.95. The minimum absolute atomic E-state index is 0.767. The lowest BCUT2D eigenvalue weighted by atomic mass is 9.99. The summed E-state index contributed by atoms with van der Waals surface area (Å²) in [5, 5.41) is 1.03. The van der Waals surface area contributed by atoms with Crippen molar-refractivity contribution in [1.82, 2.24) is 4.98 Å². The third-order valence-electron chi connectivity index (χ3n) is 3.65. The van der Waals surface area contributed by atoms with Crippen LogP contribution in [0.4, 0.5) is 5.69 Å². The Morgan fingerprint density at radius 1 is 0.773 bits per heavy atom. The molecule has 0 fully saturated rings. The molecule has 0 aliphatic carbocycles. The summed E-state index contributed by atoms with van der Waals surface area (Å²) < 4.78 is 1.20. The van der Waals surface area contributed by atoms with Crippen LogP contribution in [0.2, 0.25) is 0 Å². The van der Waals surface area contributed by atoms with E-state index in [4.69, 9.17) is 10.7 Å². The summed E-state index contributed by atoms with van der Waals surface area (Å²) in [7, 11) is 0. The lowest BCUT2D eigenvalue weighted by Gasteiger charge is -2.08. The largest absolute Gasteiger partial charge is 0.399 e. The molecule has 0 spiro atoms. The predicted molar refractivity (Wildman–Crippen MR) is 94.9 cm³/mol. The molecule has 1 aromatic heterocycles. The number of para-hydroxylation sites is 1. The van der Waals surface area contributed by atoms with E-state index in [1.165, 1.54) is 4.70 Å². The fraction of sp³-hybridized carbons (Fsp3) is 0. The minimum atomic E-state index is 0.767. The van der Waals surface area contributed by atoms with Gasteiger partial charge in [-0.25, -0.2) is 4.98 Å². The van der Waals surface area contributed by atoms with Crippen LogP contribution in [0.15, 0.2) is 72.8 Å². The molecule has 4 rings (SSSR count). The number of nitrogen functional groups attached to an aromatic ring is 1. The van der Waals surface area contributed by atoms with Gasteiger partial charge in [0.05, 0.1) is 10.2 Å². The van der Waals surface area contributed by atoms with Gasteiger partial charge < -0.3 is 5.73 Å². The van der Waals surface area contributed by atoms with Crippen LogP contribution in [0.3, 0.4) is 0 Å². The molecule has 22 heavy (non-hydrogen) atoms. The first-order valence-electron chi connectivity index (χ1n) is 7.12. The first kappa shape index (κ1) is 13.0. The maximum Gasteiger partial charge on any atom is 0.125 e. The molecule has 0 aliphatic heterocycles. The Hall–Kier alpha value is -2.65. The smallest absolute Gasteiger partial charge is 0.125 e. The second-order valence-corrected chi connectivity index (χ2v) is 6.19. The highest BCUT2D eigenvalue weighted by Gasteiger charge is 2.12. The van der Waals surface area contributed by atoms with Gasteiger partial charge in [0, 0.05) is 11.3 Å². The second-order valence-electron chi connectivity index (χ2n) is 5.16. The molecular formula is C19H14N2S. The summed E-state index contributed by atoms with van der Waals surface area (Å²) in [5.74, 6) is 0. The van der Waals surface area contributed by atoms with Crippen molar-refractivity contribution in [3.8, 4) is 21.7 Å². The van der Waals surface area contributed by atoms with Crippen LogP contribution >= 0.6 is 11.3 Å². The summed E-state index contributed by atoms with van der Waals surface area (Å²) in [4.78, 5) is 4.78. The molecule has 0 radical (unpaired) electrons. The van der Waals surface area contributed by atoms with E-state index >= 15 is 0 Å². The number of hydrogen-bond acceptors (Lipinski definition) is 3. The summed E-state index contributed by atoms with van der Waals surface area (Å²) in [6.45, 7) is 0. The van der Waals surface area contributed by atoms with Crippen LogP contribution in [0.25, 0.3) is 31.9 Å². The van der Waals surface area contributed by atoms with Crippen molar-refractivity contribution >= 4 is 27.2 Å². The maximum atomic E-state index is 6.00. The van der Waals surface area contributed by atoms with Gasteiger partial charge in [0.15, 0.2) is 0 Å². The molecule has 0 aliphatic rings. The molecule has 2 N–H and O–H groups in total. The molecule has 3 heteroatoms. The van der Waals surface area contributed by atoms with E-state index in [2.05, 4.69) is 30.3 Å². The van der Waals surface area contributed by atoms with Gasteiger partial charge in [-0.3, -0.25) is 0 Å². The lowest BCUT2D eigenvalue weighted by Crippen LogP contribution is -1.89. The van der Waals surface area contributed by atoms with Crippen molar-refractivity contribution < 1.29 is 0 Å². The monoisotopic (exact) mass is 302 g/mol. The molecule has 3 aromatic carbocycles. The van der Waals surface area contributed by atoms with Gasteiger partial charge >= 0.3 is 0 Å². The Morgan fingerprint density at radius 3 is 2.36 bits per heavy atom. The lowest BCUT2D eigenvalue weighted by molar-refractivity contribution is 1.47. The van der Waals surface area contributed by atoms with Crippen LogP contribution in [0, 0.1) is 0 Å². The molecule has 0 unspecified atom stereocenters. The van der Waals surface area contributed by atoms with Crippen LogP contribution < -0.4 is 5.73 Å². The SMILES string of the molecule is Nc1ccc(-c2nc3ccccc3s2)c(-c2ccccc2)c1. The van der Waals surface area contributed by atoms with E-state index in [0.29, 0.717) is 0 Å². The highest BCUT2D eigenvalue weighted by Crippen LogP contribution is 2.37. The molecule has 0 saturated heterocycles. The molecule has 0 atom stereocenters. The molecule has 1 heterocycles. The third-order valence-corrected chi connectivity index (χ3v) is 4.72. The zero-order chi connectivity index (χ0) is 14.9. The van der Waals surface area contributed by atoms with Gasteiger partial charge in [-0.15, -0.1) is 11.3 Å². The number of aromatic nitrogens is 1. The predicted octanol–water partition coefficient (Wildman–Crippen LogP) is 5.21. The van der Waals surface area contributed by atoms with Crippen molar-refractivity contribution in [2.75, 3.05) is 5.73 Å². The second kappa shape index (κ2) is 5.28. The van der Waals surface area contributed by atoms with Gasteiger partial charge in [-0.1, -0.05) is 42.5 Å². The number of nitrogens with zero attached hydrogens (tertiary/aromatic N) is 1. The Bertz CT molecular complexity index is 909. The van der Waals surface area contributed by atoms with Crippen molar-refractivity contribution in [2.24, 2.45) is 0 Å². The van der Waals surface area contributed by atoms with E-state index in [1.807, 2.05) is 42.5 Å². The van der Waals surface area contributed by atoms with Crippen molar-refractivity contribution in [3.05, 3.63) is 72.8 Å². The first-order chi connectivity index (χ1) is 10.8. The minimum Gasteiger partial charge on any atom is -0.399 e. The topological polar surface area (TPSA) is 38.9 Å². The molecule has 0 bridgehead atoms. The number of anilines is 1. The summed E-state index contributed by atoms with van der Waals surface area (Å²) in [6.07, 6.45) is 0. The molecule has 2 nitrogen and oxygen atoms in total. The number of benzene rings is 3. The Morgan fingerprint density at radius 2 is 1.55 bits per heavy atom. The maximum absolute atomic E-state index is 6.00. The van der Waals surface area contributed by atoms with Crippen molar-refractivity contribution in [3.63, 3.8) is 0 Å². The van der Waals surface area contributed by atoms with E-state index in [9.17, 15) is 0 Å². The first-order valence-corrected chi connectivity index (χ1v) is 7.94. The molecule has 106 valence electrons. The number of thiazole rings is 1. The van der Waals surface area contributed by atoms with E-state index in [0.717, 1.165) is 32.9 Å². The highest BCUT2D eigenvalue weighted by atomic mass is 32.1. The summed E-state index contributed by atoms with van der Waals surface area (Å²) in [6, 6.07) is 24.6. The number of hydrogen-bond donors (Lipinski definition) is 1.